The third kappa shape index (κ3) is 3.49. The summed E-state index contributed by atoms with van der Waals surface area (Å²) in [5, 5.41) is 3.53. The highest BCUT2D eigenvalue weighted by Gasteiger charge is 2.36. The highest BCUT2D eigenvalue weighted by atomic mass is 15.3. The molecule has 2 heteroatoms. The molecule has 0 aliphatic carbocycles. The number of likely N-dealkylation sites (N-methyl/N-ethyl adjacent to an activating group) is 1. The molecule has 0 bridgehead atoms. The maximum Gasteiger partial charge on any atom is 0.0408 e. The molecule has 0 atom stereocenters. The van der Waals surface area contributed by atoms with Crippen LogP contribution in [0.4, 0.5) is 0 Å². The maximum atomic E-state index is 3.72. The predicted molar refractivity (Wildman–Crippen MR) is 66.1 cm³/mol. The third-order valence-corrected chi connectivity index (χ3v) is 3.16. The summed E-state index contributed by atoms with van der Waals surface area (Å²) in [6.45, 7) is 14.9. The van der Waals surface area contributed by atoms with E-state index in [0.29, 0.717) is 5.54 Å². The van der Waals surface area contributed by atoms with Gasteiger partial charge in [-0.3, -0.25) is 4.90 Å². The second kappa shape index (κ2) is 5.50. The Kier molecular flexibility index (Phi) is 4.59. The zero-order chi connectivity index (χ0) is 11.3. The van der Waals surface area contributed by atoms with E-state index in [1.54, 1.807) is 0 Å². The van der Waals surface area contributed by atoms with Crippen LogP contribution in [0.5, 0.6) is 0 Å². The monoisotopic (exact) mass is 208 g/mol. The normalized spacial score (nSPS) is 19.4. The topological polar surface area (TPSA) is 15.3 Å². The molecule has 0 aromatic heterocycles. The molecule has 0 saturated carbocycles. The van der Waals surface area contributed by atoms with Crippen molar-refractivity contribution in [3.63, 3.8) is 0 Å². The van der Waals surface area contributed by atoms with Gasteiger partial charge in [-0.15, -0.1) is 5.73 Å². The van der Waals surface area contributed by atoms with Gasteiger partial charge in [-0.25, -0.2) is 0 Å². The second-order valence-corrected chi connectivity index (χ2v) is 4.69. The van der Waals surface area contributed by atoms with E-state index >= 15 is 0 Å². The highest BCUT2D eigenvalue weighted by molar-refractivity contribution is 5.02. The van der Waals surface area contributed by atoms with Crippen LogP contribution in [0, 0.1) is 0 Å². The molecule has 1 N–H and O–H groups in total. The average molecular weight is 208 g/mol. The van der Waals surface area contributed by atoms with Crippen LogP contribution in [0.15, 0.2) is 17.9 Å². The van der Waals surface area contributed by atoms with Crippen molar-refractivity contribution < 1.29 is 0 Å². The van der Waals surface area contributed by atoms with Crippen molar-refractivity contribution in [1.29, 1.82) is 0 Å². The van der Waals surface area contributed by atoms with Crippen LogP contribution in [0.2, 0.25) is 0 Å². The first-order chi connectivity index (χ1) is 7.13. The minimum absolute atomic E-state index is 0.360. The molecule has 1 heterocycles. The standard InChI is InChI=1S/C13H24N2/c1-5-12(6-2)8-9-15-10-13(4,11-15)14-7-3/h14H,1,6-11H2,2-4H3. The average Bonchev–Trinajstić information content (AvgIpc) is 2.17. The Morgan fingerprint density at radius 2 is 2.13 bits per heavy atom. The van der Waals surface area contributed by atoms with Crippen molar-refractivity contribution in [2.75, 3.05) is 26.2 Å². The van der Waals surface area contributed by atoms with Crippen LogP contribution in [-0.2, 0) is 0 Å². The van der Waals surface area contributed by atoms with Crippen LogP contribution >= 0.6 is 0 Å². The quantitative estimate of drug-likeness (QED) is 0.673. The van der Waals surface area contributed by atoms with E-state index in [9.17, 15) is 0 Å². The highest BCUT2D eigenvalue weighted by Crippen LogP contribution is 2.21. The van der Waals surface area contributed by atoms with Gasteiger partial charge in [0, 0.05) is 25.2 Å². The zero-order valence-corrected chi connectivity index (χ0v) is 10.4. The fourth-order valence-corrected chi connectivity index (χ4v) is 2.32. The summed E-state index contributed by atoms with van der Waals surface area (Å²) >= 11 is 0. The number of nitrogens with zero attached hydrogens (tertiary/aromatic N) is 1. The van der Waals surface area contributed by atoms with Crippen LogP contribution in [0.1, 0.15) is 33.6 Å². The van der Waals surface area contributed by atoms with Gasteiger partial charge in [0.25, 0.3) is 0 Å². The first kappa shape index (κ1) is 12.5. The summed E-state index contributed by atoms with van der Waals surface area (Å²) in [6, 6.07) is 0. The van der Waals surface area contributed by atoms with E-state index in [1.807, 2.05) is 0 Å². The Balaban J connectivity index is 2.20. The Hall–Kier alpha value is -0.560. The van der Waals surface area contributed by atoms with Gasteiger partial charge in [0.05, 0.1) is 0 Å². The Morgan fingerprint density at radius 1 is 1.47 bits per heavy atom. The molecule has 1 rings (SSSR count). The van der Waals surface area contributed by atoms with Gasteiger partial charge in [0.2, 0.25) is 0 Å². The van der Waals surface area contributed by atoms with E-state index in [4.69, 9.17) is 0 Å². The molecule has 86 valence electrons. The van der Waals surface area contributed by atoms with Gasteiger partial charge in [0.1, 0.15) is 0 Å². The first-order valence-corrected chi connectivity index (χ1v) is 5.98. The number of nitrogens with one attached hydrogen (secondary N) is 1. The van der Waals surface area contributed by atoms with Crippen LogP contribution < -0.4 is 5.32 Å². The van der Waals surface area contributed by atoms with Crippen molar-refractivity contribution in [1.82, 2.24) is 10.2 Å². The van der Waals surface area contributed by atoms with Gasteiger partial charge >= 0.3 is 0 Å². The van der Waals surface area contributed by atoms with Gasteiger partial charge < -0.3 is 5.32 Å². The molecular weight excluding hydrogens is 184 g/mol. The van der Waals surface area contributed by atoms with E-state index in [1.165, 1.54) is 18.7 Å². The summed E-state index contributed by atoms with van der Waals surface area (Å²) < 4.78 is 0. The lowest BCUT2D eigenvalue weighted by atomic mass is 9.91. The van der Waals surface area contributed by atoms with Gasteiger partial charge in [-0.05, 0) is 31.9 Å². The van der Waals surface area contributed by atoms with Gasteiger partial charge in [-0.1, -0.05) is 20.4 Å². The van der Waals surface area contributed by atoms with E-state index < -0.39 is 0 Å². The van der Waals surface area contributed by atoms with Crippen molar-refractivity contribution >= 4 is 0 Å². The molecule has 0 unspecified atom stereocenters. The Morgan fingerprint density at radius 3 is 2.60 bits per heavy atom. The van der Waals surface area contributed by atoms with E-state index in [2.05, 4.69) is 43.3 Å². The molecule has 0 spiro atoms. The second-order valence-electron chi connectivity index (χ2n) is 4.69. The van der Waals surface area contributed by atoms with Crippen LogP contribution in [0.3, 0.4) is 0 Å². The molecule has 0 aromatic carbocycles. The van der Waals surface area contributed by atoms with Crippen molar-refractivity contribution in [3.05, 3.63) is 17.9 Å². The molecule has 0 aromatic rings. The fraction of sp³-hybridized carbons (Fsp3) is 0.769. The molecule has 1 aliphatic heterocycles. The summed E-state index contributed by atoms with van der Waals surface area (Å²) in [7, 11) is 0. The lowest BCUT2D eigenvalue weighted by Crippen LogP contribution is -2.67. The zero-order valence-electron chi connectivity index (χ0n) is 10.4. The van der Waals surface area contributed by atoms with Crippen LogP contribution in [0.25, 0.3) is 0 Å². The lowest BCUT2D eigenvalue weighted by molar-refractivity contribution is 0.0572. The summed E-state index contributed by atoms with van der Waals surface area (Å²) in [5.41, 5.74) is 4.74. The largest absolute Gasteiger partial charge is 0.309 e. The Bertz CT molecular complexity index is 245. The molecule has 1 aliphatic rings. The first-order valence-electron chi connectivity index (χ1n) is 5.98. The minimum atomic E-state index is 0.360. The number of hydrogen-bond donors (Lipinski definition) is 1. The van der Waals surface area contributed by atoms with Crippen molar-refractivity contribution in [2.45, 2.75) is 39.2 Å². The summed E-state index contributed by atoms with van der Waals surface area (Å²) in [6.07, 6.45) is 2.21. The molecular formula is C13H24N2. The number of hydrogen-bond acceptors (Lipinski definition) is 2. The van der Waals surface area contributed by atoms with Crippen molar-refractivity contribution in [2.24, 2.45) is 0 Å². The van der Waals surface area contributed by atoms with E-state index in [0.717, 1.165) is 25.9 Å². The SMILES string of the molecule is C=C=C(CC)CCN1CC(C)(NCC)C1. The third-order valence-electron chi connectivity index (χ3n) is 3.16. The fourth-order valence-electron chi connectivity index (χ4n) is 2.32. The molecule has 1 saturated heterocycles. The van der Waals surface area contributed by atoms with E-state index in [-0.39, 0.29) is 0 Å². The number of likely N-dealkylation sites (tertiary alicyclic amines) is 1. The summed E-state index contributed by atoms with van der Waals surface area (Å²) in [4.78, 5) is 2.50. The van der Waals surface area contributed by atoms with Crippen LogP contribution in [-0.4, -0.2) is 36.6 Å². The molecule has 1 fully saturated rings. The minimum Gasteiger partial charge on any atom is -0.309 e. The predicted octanol–water partition coefficient (Wildman–Crippen LogP) is 2.18. The molecule has 2 nitrogen and oxygen atoms in total. The lowest BCUT2D eigenvalue weighted by Gasteiger charge is -2.48. The maximum absolute atomic E-state index is 3.72. The summed E-state index contributed by atoms with van der Waals surface area (Å²) in [5.74, 6) is 0. The molecule has 15 heavy (non-hydrogen) atoms. The van der Waals surface area contributed by atoms with Crippen molar-refractivity contribution in [3.8, 4) is 0 Å². The van der Waals surface area contributed by atoms with Gasteiger partial charge in [-0.2, -0.15) is 0 Å². The van der Waals surface area contributed by atoms with Gasteiger partial charge in [0.15, 0.2) is 0 Å². The smallest absolute Gasteiger partial charge is 0.0408 e. The number of rotatable bonds is 6. The Labute approximate surface area is 94.0 Å². The molecule has 0 amide bonds. The molecule has 0 radical (unpaired) electrons.